The van der Waals surface area contributed by atoms with Gasteiger partial charge in [0.1, 0.15) is 19.0 Å². The summed E-state index contributed by atoms with van der Waals surface area (Å²) in [4.78, 5) is 15.1. The van der Waals surface area contributed by atoms with Gasteiger partial charge in [0.05, 0.1) is 0 Å². The standard InChI is InChI=1S/C21H21ClFNO3/c22-18-12-17(23)3-1-16(18)13-24-7-5-14(6-8-24)21(25)15-2-4-19-20(11-15)27-10-9-26-19/h1-4,11-12,14H,5-10,13H2. The molecule has 0 unspecified atom stereocenters. The number of ketones is 1. The molecule has 142 valence electrons. The normalized spacial score (nSPS) is 17.7. The Kier molecular flexibility index (Phi) is 5.32. The third kappa shape index (κ3) is 4.09. The quantitative estimate of drug-likeness (QED) is 0.729. The predicted octanol–water partition coefficient (Wildman–Crippen LogP) is 4.35. The molecule has 0 amide bonds. The molecule has 1 saturated heterocycles. The van der Waals surface area contributed by atoms with Crippen molar-refractivity contribution in [3.63, 3.8) is 0 Å². The Labute approximate surface area is 162 Å². The van der Waals surface area contributed by atoms with Crippen LogP contribution in [-0.2, 0) is 6.54 Å². The van der Waals surface area contributed by atoms with Gasteiger partial charge in [-0.3, -0.25) is 9.69 Å². The summed E-state index contributed by atoms with van der Waals surface area (Å²) in [6.07, 6.45) is 1.60. The molecule has 2 heterocycles. The zero-order valence-electron chi connectivity index (χ0n) is 14.9. The first-order valence-corrected chi connectivity index (χ1v) is 9.58. The van der Waals surface area contributed by atoms with E-state index in [0.717, 1.165) is 31.5 Å². The molecule has 2 aromatic carbocycles. The highest BCUT2D eigenvalue weighted by Gasteiger charge is 2.27. The van der Waals surface area contributed by atoms with E-state index in [9.17, 15) is 9.18 Å². The molecule has 0 saturated carbocycles. The van der Waals surface area contributed by atoms with Gasteiger partial charge >= 0.3 is 0 Å². The average Bonchev–Trinajstić information content (AvgIpc) is 2.70. The number of ether oxygens (including phenoxy) is 2. The third-order valence-electron chi connectivity index (χ3n) is 5.19. The molecule has 27 heavy (non-hydrogen) atoms. The zero-order chi connectivity index (χ0) is 18.8. The second kappa shape index (κ2) is 7.87. The fraction of sp³-hybridized carbons (Fsp3) is 0.381. The number of likely N-dealkylation sites (tertiary alicyclic amines) is 1. The fourth-order valence-corrected chi connectivity index (χ4v) is 3.90. The van der Waals surface area contributed by atoms with E-state index < -0.39 is 0 Å². The Balaban J connectivity index is 1.36. The molecule has 0 bridgehead atoms. The summed E-state index contributed by atoms with van der Waals surface area (Å²) in [7, 11) is 0. The van der Waals surface area contributed by atoms with Crippen molar-refractivity contribution in [1.82, 2.24) is 4.90 Å². The highest BCUT2D eigenvalue weighted by atomic mass is 35.5. The van der Waals surface area contributed by atoms with Gasteiger partial charge in [-0.1, -0.05) is 17.7 Å². The van der Waals surface area contributed by atoms with E-state index in [0.29, 0.717) is 41.8 Å². The van der Waals surface area contributed by atoms with Crippen molar-refractivity contribution < 1.29 is 18.7 Å². The molecule has 0 atom stereocenters. The van der Waals surface area contributed by atoms with Crippen LogP contribution < -0.4 is 9.47 Å². The summed E-state index contributed by atoms with van der Waals surface area (Å²) in [6.45, 7) is 3.35. The van der Waals surface area contributed by atoms with Gasteiger partial charge in [-0.2, -0.15) is 0 Å². The molecule has 0 aliphatic carbocycles. The summed E-state index contributed by atoms with van der Waals surface area (Å²) in [5.74, 6) is 1.19. The van der Waals surface area contributed by atoms with E-state index in [-0.39, 0.29) is 17.5 Å². The number of piperidine rings is 1. The molecule has 2 aromatic rings. The number of carbonyl (C=O) groups is 1. The lowest BCUT2D eigenvalue weighted by molar-refractivity contribution is 0.0833. The lowest BCUT2D eigenvalue weighted by atomic mass is 9.88. The van der Waals surface area contributed by atoms with Gasteiger partial charge in [-0.25, -0.2) is 4.39 Å². The number of hydrogen-bond acceptors (Lipinski definition) is 4. The molecule has 0 N–H and O–H groups in total. The van der Waals surface area contributed by atoms with Crippen LogP contribution >= 0.6 is 11.6 Å². The van der Waals surface area contributed by atoms with Crippen LogP contribution in [0.5, 0.6) is 11.5 Å². The topological polar surface area (TPSA) is 38.8 Å². The van der Waals surface area contributed by atoms with E-state index in [4.69, 9.17) is 21.1 Å². The predicted molar refractivity (Wildman–Crippen MR) is 101 cm³/mol. The number of Topliss-reactive ketones (excluding diaryl/α,β-unsaturated/α-hetero) is 1. The number of nitrogens with zero attached hydrogens (tertiary/aromatic N) is 1. The SMILES string of the molecule is O=C(c1ccc2c(c1)OCCO2)C1CCN(Cc2ccc(F)cc2Cl)CC1. The van der Waals surface area contributed by atoms with Crippen LogP contribution in [0.25, 0.3) is 0 Å². The molecule has 0 radical (unpaired) electrons. The second-order valence-corrected chi connectivity index (χ2v) is 7.42. The van der Waals surface area contributed by atoms with Crippen LogP contribution in [0.15, 0.2) is 36.4 Å². The minimum atomic E-state index is -0.326. The minimum absolute atomic E-state index is 0.00694. The molecule has 2 aliphatic heterocycles. The van der Waals surface area contributed by atoms with Crippen LogP contribution in [0, 0.1) is 11.7 Å². The first-order valence-electron chi connectivity index (χ1n) is 9.20. The number of rotatable bonds is 4. The highest BCUT2D eigenvalue weighted by molar-refractivity contribution is 6.31. The Hall–Kier alpha value is -2.11. The molecule has 0 spiro atoms. The van der Waals surface area contributed by atoms with E-state index in [1.54, 1.807) is 12.1 Å². The van der Waals surface area contributed by atoms with Crippen LogP contribution in [0.1, 0.15) is 28.8 Å². The Bertz CT molecular complexity index is 849. The molecular formula is C21H21ClFNO3. The van der Waals surface area contributed by atoms with Crippen molar-refractivity contribution in [2.75, 3.05) is 26.3 Å². The van der Waals surface area contributed by atoms with Gasteiger partial charge in [0, 0.05) is 23.0 Å². The number of carbonyl (C=O) groups excluding carboxylic acids is 1. The van der Waals surface area contributed by atoms with Crippen molar-refractivity contribution in [3.8, 4) is 11.5 Å². The fourth-order valence-electron chi connectivity index (χ4n) is 3.68. The smallest absolute Gasteiger partial charge is 0.166 e. The monoisotopic (exact) mass is 389 g/mol. The first-order chi connectivity index (χ1) is 13.1. The lowest BCUT2D eigenvalue weighted by Gasteiger charge is -2.31. The van der Waals surface area contributed by atoms with Crippen molar-refractivity contribution in [3.05, 3.63) is 58.4 Å². The molecular weight excluding hydrogens is 369 g/mol. The molecule has 0 aromatic heterocycles. The summed E-state index contributed by atoms with van der Waals surface area (Å²) in [5.41, 5.74) is 1.59. The average molecular weight is 390 g/mol. The molecule has 1 fully saturated rings. The summed E-state index contributed by atoms with van der Waals surface area (Å²) in [6, 6.07) is 9.92. The first kappa shape index (κ1) is 18.3. The minimum Gasteiger partial charge on any atom is -0.486 e. The van der Waals surface area contributed by atoms with Crippen LogP contribution in [0.3, 0.4) is 0 Å². The van der Waals surface area contributed by atoms with E-state index in [1.165, 1.54) is 12.1 Å². The largest absolute Gasteiger partial charge is 0.486 e. The number of fused-ring (bicyclic) bond motifs is 1. The van der Waals surface area contributed by atoms with Crippen LogP contribution in [-0.4, -0.2) is 37.0 Å². The van der Waals surface area contributed by atoms with Crippen molar-refractivity contribution in [1.29, 1.82) is 0 Å². The van der Waals surface area contributed by atoms with E-state index in [2.05, 4.69) is 4.90 Å². The van der Waals surface area contributed by atoms with Crippen molar-refractivity contribution in [2.24, 2.45) is 5.92 Å². The Morgan fingerprint density at radius 1 is 1.07 bits per heavy atom. The second-order valence-electron chi connectivity index (χ2n) is 7.01. The third-order valence-corrected chi connectivity index (χ3v) is 5.55. The molecule has 6 heteroatoms. The van der Waals surface area contributed by atoms with E-state index in [1.807, 2.05) is 12.1 Å². The number of benzene rings is 2. The summed E-state index contributed by atoms with van der Waals surface area (Å²) < 4.78 is 24.3. The number of hydrogen-bond donors (Lipinski definition) is 0. The van der Waals surface area contributed by atoms with E-state index >= 15 is 0 Å². The van der Waals surface area contributed by atoms with Crippen LogP contribution in [0.2, 0.25) is 5.02 Å². The maximum Gasteiger partial charge on any atom is 0.166 e. The molecule has 4 nitrogen and oxygen atoms in total. The summed E-state index contributed by atoms with van der Waals surface area (Å²) >= 11 is 6.12. The van der Waals surface area contributed by atoms with Crippen molar-refractivity contribution in [2.45, 2.75) is 19.4 Å². The number of halogens is 2. The van der Waals surface area contributed by atoms with Gasteiger partial charge in [0.25, 0.3) is 0 Å². The van der Waals surface area contributed by atoms with Crippen molar-refractivity contribution >= 4 is 17.4 Å². The van der Waals surface area contributed by atoms with Gasteiger partial charge in [0.2, 0.25) is 0 Å². The maximum absolute atomic E-state index is 13.2. The Morgan fingerprint density at radius 2 is 1.81 bits per heavy atom. The Morgan fingerprint density at radius 3 is 2.56 bits per heavy atom. The van der Waals surface area contributed by atoms with Gasteiger partial charge in [-0.05, 0) is 61.8 Å². The van der Waals surface area contributed by atoms with Gasteiger partial charge in [-0.15, -0.1) is 0 Å². The maximum atomic E-state index is 13.2. The lowest BCUT2D eigenvalue weighted by Crippen LogP contribution is -2.36. The van der Waals surface area contributed by atoms with Crippen LogP contribution in [0.4, 0.5) is 4.39 Å². The molecule has 2 aliphatic rings. The van der Waals surface area contributed by atoms with Gasteiger partial charge in [0.15, 0.2) is 17.3 Å². The zero-order valence-corrected chi connectivity index (χ0v) is 15.7. The summed E-state index contributed by atoms with van der Waals surface area (Å²) in [5, 5.41) is 0.449. The molecule has 4 rings (SSSR count). The highest BCUT2D eigenvalue weighted by Crippen LogP contribution is 2.33. The van der Waals surface area contributed by atoms with Gasteiger partial charge < -0.3 is 9.47 Å².